The lowest BCUT2D eigenvalue weighted by Gasteiger charge is -2.44. The number of nitrogens with zero attached hydrogens (tertiary/aromatic N) is 2. The average Bonchev–Trinajstić information content (AvgIpc) is 3.68. The van der Waals surface area contributed by atoms with Crippen LogP contribution in [0.4, 0.5) is 0 Å². The van der Waals surface area contributed by atoms with E-state index in [9.17, 15) is 18.0 Å². The van der Waals surface area contributed by atoms with Crippen LogP contribution in [-0.2, 0) is 19.4 Å². The smallest absolute Gasteiger partial charge is 0.228 e. The molecule has 0 radical (unpaired) electrons. The average molecular weight is 493 g/mol. The van der Waals surface area contributed by atoms with Crippen LogP contribution in [0.25, 0.3) is 0 Å². The largest absolute Gasteiger partial charge is 0.339 e. The summed E-state index contributed by atoms with van der Waals surface area (Å²) in [4.78, 5) is 30.0. The van der Waals surface area contributed by atoms with Crippen molar-refractivity contribution in [2.75, 3.05) is 31.9 Å². The lowest BCUT2D eigenvalue weighted by molar-refractivity contribution is -0.151. The van der Waals surface area contributed by atoms with Gasteiger partial charge in [-0.1, -0.05) is 26.2 Å². The molecule has 7 heteroatoms. The molecule has 4 saturated carbocycles. The van der Waals surface area contributed by atoms with Crippen LogP contribution in [0.15, 0.2) is 0 Å². The first-order valence-electron chi connectivity index (χ1n) is 14.0. The Hall–Kier alpha value is -1.11. The minimum absolute atomic E-state index is 0.0318. The van der Waals surface area contributed by atoms with E-state index >= 15 is 0 Å². The second-order valence-electron chi connectivity index (χ2n) is 12.5. The monoisotopic (exact) mass is 492 g/mol. The maximum atomic E-state index is 13.2. The standard InChI is InChI=1S/C27H44N2O4S/c1-27(12-3-13-27)26(31)29-16-14-28(15-17-29)25(30)22-8-6-21(7-9-22)23-5-2-4-20(18-23)19-34(32,33)24-10-11-24/h20-24H,2-19H2,1H3. The van der Waals surface area contributed by atoms with Gasteiger partial charge >= 0.3 is 0 Å². The summed E-state index contributed by atoms with van der Waals surface area (Å²) in [5.74, 6) is 2.80. The Labute approximate surface area is 206 Å². The van der Waals surface area contributed by atoms with Crippen molar-refractivity contribution < 1.29 is 18.0 Å². The highest BCUT2D eigenvalue weighted by atomic mass is 32.2. The third-order valence-electron chi connectivity index (χ3n) is 9.96. The second kappa shape index (κ2) is 9.74. The molecule has 0 bridgehead atoms. The number of piperazine rings is 1. The molecule has 5 rings (SSSR count). The molecule has 1 aliphatic heterocycles. The Morgan fingerprint density at radius 2 is 1.44 bits per heavy atom. The zero-order valence-corrected chi connectivity index (χ0v) is 21.9. The van der Waals surface area contributed by atoms with Crippen LogP contribution in [0.3, 0.4) is 0 Å². The van der Waals surface area contributed by atoms with E-state index in [0.717, 1.165) is 77.0 Å². The Morgan fingerprint density at radius 3 is 2.03 bits per heavy atom. The van der Waals surface area contributed by atoms with Crippen molar-refractivity contribution in [3.05, 3.63) is 0 Å². The van der Waals surface area contributed by atoms with Crippen LogP contribution in [0.5, 0.6) is 0 Å². The predicted molar refractivity (Wildman–Crippen MR) is 133 cm³/mol. The maximum absolute atomic E-state index is 13.2. The quantitative estimate of drug-likeness (QED) is 0.561. The Morgan fingerprint density at radius 1 is 0.794 bits per heavy atom. The normalized spacial score (nSPS) is 34.4. The SMILES string of the molecule is CC1(C(=O)N2CCN(C(=O)C3CCC(C4CCCC(CS(=O)(=O)C5CC5)C4)CC3)CC2)CCC1. The predicted octanol–water partition coefficient (Wildman–Crippen LogP) is 4.04. The minimum atomic E-state index is -2.86. The van der Waals surface area contributed by atoms with Gasteiger partial charge in [0.15, 0.2) is 9.84 Å². The molecule has 2 amide bonds. The van der Waals surface area contributed by atoms with E-state index < -0.39 is 9.84 Å². The van der Waals surface area contributed by atoms with Crippen molar-refractivity contribution >= 4 is 21.7 Å². The topological polar surface area (TPSA) is 74.8 Å². The molecule has 34 heavy (non-hydrogen) atoms. The van der Waals surface area contributed by atoms with Gasteiger partial charge in [0.05, 0.1) is 11.0 Å². The van der Waals surface area contributed by atoms with Gasteiger partial charge in [0.2, 0.25) is 11.8 Å². The second-order valence-corrected chi connectivity index (χ2v) is 14.8. The van der Waals surface area contributed by atoms with Gasteiger partial charge in [-0.25, -0.2) is 8.42 Å². The summed E-state index contributed by atoms with van der Waals surface area (Å²) < 4.78 is 24.9. The highest BCUT2D eigenvalue weighted by Gasteiger charge is 2.43. The molecule has 0 spiro atoms. The summed E-state index contributed by atoms with van der Waals surface area (Å²) in [5, 5.41) is -0.0318. The Balaban J connectivity index is 1.06. The van der Waals surface area contributed by atoms with E-state index in [1.807, 2.05) is 9.80 Å². The van der Waals surface area contributed by atoms with E-state index in [4.69, 9.17) is 0 Å². The molecule has 6 nitrogen and oxygen atoms in total. The summed E-state index contributed by atoms with van der Waals surface area (Å²) in [6.07, 6.45) is 13.6. The number of hydrogen-bond donors (Lipinski definition) is 0. The van der Waals surface area contributed by atoms with Gasteiger partial charge in [-0.05, 0) is 82.0 Å². The molecule has 1 saturated heterocycles. The van der Waals surface area contributed by atoms with Crippen molar-refractivity contribution in [3.8, 4) is 0 Å². The maximum Gasteiger partial charge on any atom is 0.228 e. The van der Waals surface area contributed by atoms with E-state index in [1.54, 1.807) is 0 Å². The third kappa shape index (κ3) is 5.19. The molecule has 4 aliphatic carbocycles. The molecule has 2 atom stereocenters. The first-order chi connectivity index (χ1) is 16.2. The number of amides is 2. The minimum Gasteiger partial charge on any atom is -0.339 e. The fourth-order valence-corrected chi connectivity index (χ4v) is 9.42. The highest BCUT2D eigenvalue weighted by molar-refractivity contribution is 7.92. The third-order valence-corrected chi connectivity index (χ3v) is 12.4. The van der Waals surface area contributed by atoms with Crippen molar-refractivity contribution in [3.63, 3.8) is 0 Å². The summed E-state index contributed by atoms with van der Waals surface area (Å²) >= 11 is 0. The Bertz CT molecular complexity index is 863. The molecule has 1 heterocycles. The van der Waals surface area contributed by atoms with Gasteiger partial charge in [-0.15, -0.1) is 0 Å². The van der Waals surface area contributed by atoms with Crippen LogP contribution in [0.1, 0.15) is 90.4 Å². The molecule has 192 valence electrons. The fourth-order valence-electron chi connectivity index (χ4n) is 7.33. The molecule has 2 unspecified atom stereocenters. The summed E-state index contributed by atoms with van der Waals surface area (Å²) in [6, 6.07) is 0. The molecule has 0 N–H and O–H groups in total. The van der Waals surface area contributed by atoms with Crippen LogP contribution in [0, 0.1) is 29.1 Å². The number of rotatable bonds is 6. The number of hydrogen-bond acceptors (Lipinski definition) is 4. The van der Waals surface area contributed by atoms with Crippen molar-refractivity contribution in [2.45, 2.75) is 95.6 Å². The van der Waals surface area contributed by atoms with Gasteiger partial charge in [0, 0.05) is 37.5 Å². The van der Waals surface area contributed by atoms with Gasteiger partial charge in [0.1, 0.15) is 0 Å². The van der Waals surface area contributed by atoms with Gasteiger partial charge < -0.3 is 9.80 Å². The molecule has 5 aliphatic rings. The molecule has 0 aromatic rings. The van der Waals surface area contributed by atoms with E-state index in [2.05, 4.69) is 6.92 Å². The number of carbonyl (C=O) groups excluding carboxylic acids is 2. The number of sulfone groups is 1. The molecule has 0 aromatic heterocycles. The molecule has 5 fully saturated rings. The molecule has 0 aromatic carbocycles. The number of carbonyl (C=O) groups is 2. The van der Waals surface area contributed by atoms with Gasteiger partial charge in [-0.3, -0.25) is 9.59 Å². The lowest BCUT2D eigenvalue weighted by atomic mass is 9.69. The zero-order chi connectivity index (χ0) is 23.9. The first-order valence-corrected chi connectivity index (χ1v) is 15.8. The van der Waals surface area contributed by atoms with E-state index in [0.29, 0.717) is 61.5 Å². The van der Waals surface area contributed by atoms with E-state index in [-0.39, 0.29) is 16.6 Å². The zero-order valence-electron chi connectivity index (χ0n) is 21.1. The molecular formula is C27H44N2O4S. The van der Waals surface area contributed by atoms with Crippen LogP contribution in [-0.4, -0.2) is 67.2 Å². The van der Waals surface area contributed by atoms with Crippen LogP contribution < -0.4 is 0 Å². The summed E-state index contributed by atoms with van der Waals surface area (Å²) in [6.45, 7) is 4.82. The molecular weight excluding hydrogens is 448 g/mol. The Kier molecular flexibility index (Phi) is 7.04. The summed E-state index contributed by atoms with van der Waals surface area (Å²) in [5.41, 5.74) is -0.148. The fraction of sp³-hybridized carbons (Fsp3) is 0.926. The van der Waals surface area contributed by atoms with Gasteiger partial charge in [0.25, 0.3) is 0 Å². The summed E-state index contributed by atoms with van der Waals surface area (Å²) in [7, 11) is -2.86. The van der Waals surface area contributed by atoms with Crippen molar-refractivity contribution in [1.29, 1.82) is 0 Å². The highest BCUT2D eigenvalue weighted by Crippen LogP contribution is 2.44. The lowest BCUT2D eigenvalue weighted by Crippen LogP contribution is -2.56. The van der Waals surface area contributed by atoms with Crippen LogP contribution in [0.2, 0.25) is 0 Å². The van der Waals surface area contributed by atoms with Crippen molar-refractivity contribution in [2.24, 2.45) is 29.1 Å². The first kappa shape index (κ1) is 24.6. The van der Waals surface area contributed by atoms with Crippen molar-refractivity contribution in [1.82, 2.24) is 9.80 Å². The van der Waals surface area contributed by atoms with Gasteiger partial charge in [-0.2, -0.15) is 0 Å². The van der Waals surface area contributed by atoms with Crippen LogP contribution >= 0.6 is 0 Å². The van der Waals surface area contributed by atoms with E-state index in [1.165, 1.54) is 6.42 Å².